The van der Waals surface area contributed by atoms with E-state index in [1.807, 2.05) is 24.3 Å². The van der Waals surface area contributed by atoms with Crippen LogP contribution in [0.3, 0.4) is 0 Å². The first-order valence-electron chi connectivity index (χ1n) is 7.02. The predicted octanol–water partition coefficient (Wildman–Crippen LogP) is 0.426. The summed E-state index contributed by atoms with van der Waals surface area (Å²) in [6.45, 7) is 2.12. The number of nitrogens with two attached hydrogens (primary N) is 1. The molecule has 0 aliphatic carbocycles. The number of hydrogen-bond donors (Lipinski definition) is 2. The molecule has 20 heavy (non-hydrogen) atoms. The van der Waals surface area contributed by atoms with Gasteiger partial charge in [-0.05, 0) is 24.0 Å². The number of benzene rings is 1. The van der Waals surface area contributed by atoms with Gasteiger partial charge in [-0.1, -0.05) is 24.3 Å². The minimum Gasteiger partial charge on any atom is -0.347 e. The van der Waals surface area contributed by atoms with Gasteiger partial charge in [0, 0.05) is 19.6 Å². The lowest BCUT2D eigenvalue weighted by molar-refractivity contribution is -0.131. The van der Waals surface area contributed by atoms with Crippen molar-refractivity contribution in [3.8, 4) is 0 Å². The van der Waals surface area contributed by atoms with Crippen LogP contribution in [0.1, 0.15) is 24.0 Å². The van der Waals surface area contributed by atoms with Crippen LogP contribution in [0.4, 0.5) is 0 Å². The zero-order valence-corrected chi connectivity index (χ0v) is 11.6. The summed E-state index contributed by atoms with van der Waals surface area (Å²) < 4.78 is 0. The summed E-state index contributed by atoms with van der Waals surface area (Å²) in [6.07, 6.45) is 2.38. The van der Waals surface area contributed by atoms with Crippen molar-refractivity contribution in [1.82, 2.24) is 10.2 Å². The minimum absolute atomic E-state index is 0.00274. The third-order valence-corrected chi connectivity index (χ3v) is 3.58. The fourth-order valence-corrected chi connectivity index (χ4v) is 2.42. The van der Waals surface area contributed by atoms with Crippen molar-refractivity contribution in [2.24, 2.45) is 5.73 Å². The van der Waals surface area contributed by atoms with Gasteiger partial charge in [0.05, 0.1) is 13.0 Å². The van der Waals surface area contributed by atoms with Gasteiger partial charge in [-0.15, -0.1) is 0 Å². The van der Waals surface area contributed by atoms with Gasteiger partial charge >= 0.3 is 0 Å². The van der Waals surface area contributed by atoms with Gasteiger partial charge in [0.1, 0.15) is 0 Å². The summed E-state index contributed by atoms with van der Waals surface area (Å²) >= 11 is 0. The molecule has 5 nitrogen and oxygen atoms in total. The highest BCUT2D eigenvalue weighted by Gasteiger charge is 2.18. The van der Waals surface area contributed by atoms with Crippen LogP contribution in [-0.2, 0) is 22.6 Å². The van der Waals surface area contributed by atoms with Crippen LogP contribution in [0.25, 0.3) is 0 Å². The molecule has 0 saturated carbocycles. The monoisotopic (exact) mass is 275 g/mol. The molecule has 5 heteroatoms. The highest BCUT2D eigenvalue weighted by Crippen LogP contribution is 2.09. The average Bonchev–Trinajstić information content (AvgIpc) is 2.99. The van der Waals surface area contributed by atoms with Crippen LogP contribution in [0, 0.1) is 0 Å². The van der Waals surface area contributed by atoms with Gasteiger partial charge < -0.3 is 16.0 Å². The number of carbonyl (C=O) groups is 2. The lowest BCUT2D eigenvalue weighted by Crippen LogP contribution is -2.39. The van der Waals surface area contributed by atoms with E-state index in [0.29, 0.717) is 6.54 Å². The van der Waals surface area contributed by atoms with E-state index in [1.165, 1.54) is 0 Å². The highest BCUT2D eigenvalue weighted by atomic mass is 16.2. The van der Waals surface area contributed by atoms with Crippen molar-refractivity contribution in [2.45, 2.75) is 25.8 Å². The second-order valence-corrected chi connectivity index (χ2v) is 5.01. The van der Waals surface area contributed by atoms with E-state index < -0.39 is 0 Å². The largest absolute Gasteiger partial charge is 0.347 e. The van der Waals surface area contributed by atoms with Crippen LogP contribution < -0.4 is 11.1 Å². The molecule has 0 spiro atoms. The molecule has 1 aliphatic heterocycles. The molecule has 2 rings (SSSR count). The molecule has 0 radical (unpaired) electrons. The number of hydrogen-bond acceptors (Lipinski definition) is 3. The lowest BCUT2D eigenvalue weighted by Gasteiger charge is -2.15. The van der Waals surface area contributed by atoms with Gasteiger partial charge in [-0.25, -0.2) is 0 Å². The number of nitrogens with zero attached hydrogens (tertiary/aromatic N) is 1. The molecule has 0 aromatic heterocycles. The van der Waals surface area contributed by atoms with E-state index in [9.17, 15) is 9.59 Å². The van der Waals surface area contributed by atoms with Crippen molar-refractivity contribution in [2.75, 3.05) is 19.6 Å². The zero-order chi connectivity index (χ0) is 14.4. The number of amides is 2. The van der Waals surface area contributed by atoms with Gasteiger partial charge in [0.15, 0.2) is 0 Å². The Bertz CT molecular complexity index is 482. The maximum absolute atomic E-state index is 11.9. The van der Waals surface area contributed by atoms with Crippen molar-refractivity contribution in [3.05, 3.63) is 35.4 Å². The first-order valence-corrected chi connectivity index (χ1v) is 7.02. The van der Waals surface area contributed by atoms with E-state index in [1.54, 1.807) is 4.90 Å². The molecule has 1 aromatic rings. The van der Waals surface area contributed by atoms with Crippen molar-refractivity contribution in [3.63, 3.8) is 0 Å². The van der Waals surface area contributed by atoms with E-state index in [0.717, 1.165) is 37.1 Å². The average molecular weight is 275 g/mol. The molecule has 0 bridgehead atoms. The SMILES string of the molecule is NCc1ccccc1CC(=O)NCC(=O)N1CCCC1. The second-order valence-electron chi connectivity index (χ2n) is 5.01. The molecule has 1 fully saturated rings. The Kier molecular flexibility index (Phi) is 5.12. The molecule has 1 aromatic carbocycles. The highest BCUT2D eigenvalue weighted by molar-refractivity contribution is 5.86. The van der Waals surface area contributed by atoms with Gasteiger partial charge in [-0.3, -0.25) is 9.59 Å². The van der Waals surface area contributed by atoms with Gasteiger partial charge in [0.2, 0.25) is 11.8 Å². The van der Waals surface area contributed by atoms with E-state index in [-0.39, 0.29) is 24.8 Å². The van der Waals surface area contributed by atoms with Crippen molar-refractivity contribution >= 4 is 11.8 Å². The number of carbonyl (C=O) groups excluding carboxylic acids is 2. The molecule has 1 heterocycles. The standard InChI is InChI=1S/C15H21N3O2/c16-10-13-6-2-1-5-12(13)9-14(19)17-11-15(20)18-7-3-4-8-18/h1-2,5-6H,3-4,7-11,16H2,(H,17,19). The van der Waals surface area contributed by atoms with Gasteiger partial charge in [-0.2, -0.15) is 0 Å². The van der Waals surface area contributed by atoms with Crippen LogP contribution in [0.5, 0.6) is 0 Å². The Labute approximate surface area is 119 Å². The molecular weight excluding hydrogens is 254 g/mol. The Morgan fingerprint density at radius 1 is 1.15 bits per heavy atom. The fourth-order valence-electron chi connectivity index (χ4n) is 2.42. The summed E-state index contributed by atoms with van der Waals surface area (Å²) in [5.74, 6) is -0.138. The summed E-state index contributed by atoms with van der Waals surface area (Å²) in [7, 11) is 0. The molecule has 0 atom stereocenters. The Hall–Kier alpha value is -1.88. The summed E-state index contributed by atoms with van der Waals surface area (Å²) in [5, 5.41) is 2.69. The van der Waals surface area contributed by atoms with Gasteiger partial charge in [0.25, 0.3) is 0 Å². The Balaban J connectivity index is 1.81. The van der Waals surface area contributed by atoms with E-state index in [2.05, 4.69) is 5.32 Å². The quantitative estimate of drug-likeness (QED) is 0.818. The molecule has 0 unspecified atom stereocenters. The van der Waals surface area contributed by atoms with Crippen LogP contribution in [0.15, 0.2) is 24.3 Å². The first kappa shape index (κ1) is 14.5. The fraction of sp³-hybridized carbons (Fsp3) is 0.467. The molecular formula is C15H21N3O2. The third-order valence-electron chi connectivity index (χ3n) is 3.58. The maximum atomic E-state index is 11.9. The molecule has 1 aliphatic rings. The number of nitrogens with one attached hydrogen (secondary N) is 1. The second kappa shape index (κ2) is 7.05. The van der Waals surface area contributed by atoms with Crippen LogP contribution in [-0.4, -0.2) is 36.3 Å². The molecule has 3 N–H and O–H groups in total. The lowest BCUT2D eigenvalue weighted by atomic mass is 10.0. The normalized spacial score (nSPS) is 14.3. The maximum Gasteiger partial charge on any atom is 0.241 e. The number of likely N-dealkylation sites (tertiary alicyclic amines) is 1. The number of rotatable bonds is 5. The first-order chi connectivity index (χ1) is 9.70. The minimum atomic E-state index is -0.140. The zero-order valence-electron chi connectivity index (χ0n) is 11.6. The van der Waals surface area contributed by atoms with Crippen LogP contribution in [0.2, 0.25) is 0 Å². The Morgan fingerprint density at radius 2 is 1.80 bits per heavy atom. The predicted molar refractivity (Wildman–Crippen MR) is 76.9 cm³/mol. The summed E-state index contributed by atoms with van der Waals surface area (Å²) in [5.41, 5.74) is 7.52. The van der Waals surface area contributed by atoms with Crippen molar-refractivity contribution < 1.29 is 9.59 Å². The Morgan fingerprint density at radius 3 is 2.45 bits per heavy atom. The van der Waals surface area contributed by atoms with Crippen LogP contribution >= 0.6 is 0 Å². The molecule has 108 valence electrons. The smallest absolute Gasteiger partial charge is 0.241 e. The summed E-state index contributed by atoms with van der Waals surface area (Å²) in [4.78, 5) is 25.5. The third kappa shape index (κ3) is 3.81. The van der Waals surface area contributed by atoms with Crippen molar-refractivity contribution in [1.29, 1.82) is 0 Å². The summed E-state index contributed by atoms with van der Waals surface area (Å²) in [6, 6.07) is 7.60. The molecule has 1 saturated heterocycles. The molecule has 2 amide bonds. The van der Waals surface area contributed by atoms with E-state index >= 15 is 0 Å². The van der Waals surface area contributed by atoms with E-state index in [4.69, 9.17) is 5.73 Å². The topological polar surface area (TPSA) is 75.4 Å².